The van der Waals surface area contributed by atoms with Gasteiger partial charge in [0, 0.05) is 19.2 Å². The van der Waals surface area contributed by atoms with Gasteiger partial charge in [-0.1, -0.05) is 18.2 Å². The van der Waals surface area contributed by atoms with Crippen molar-refractivity contribution in [3.63, 3.8) is 0 Å². The normalized spacial score (nSPS) is 12.4. The fraction of sp³-hybridized carbons (Fsp3) is 0.350. The average molecular weight is 357 g/mol. The summed E-state index contributed by atoms with van der Waals surface area (Å²) in [5.41, 5.74) is 0.512. The number of hydrogen-bond donors (Lipinski definition) is 0. The van der Waals surface area contributed by atoms with Crippen LogP contribution in [0.4, 0.5) is 0 Å². The van der Waals surface area contributed by atoms with Gasteiger partial charge in [0.25, 0.3) is 5.91 Å². The second kappa shape index (κ2) is 8.47. The van der Waals surface area contributed by atoms with Crippen LogP contribution in [0.5, 0.6) is 23.0 Å². The number of para-hydroxylation sites is 1. The van der Waals surface area contributed by atoms with Crippen molar-refractivity contribution in [3.05, 3.63) is 48.0 Å². The van der Waals surface area contributed by atoms with Crippen LogP contribution in [0.15, 0.2) is 42.5 Å². The van der Waals surface area contributed by atoms with Crippen molar-refractivity contribution < 1.29 is 23.7 Å². The molecule has 6 nitrogen and oxygen atoms in total. The summed E-state index contributed by atoms with van der Waals surface area (Å²) in [6, 6.07) is 13.0. The van der Waals surface area contributed by atoms with Gasteiger partial charge in [-0.05, 0) is 30.7 Å². The standard InChI is InChI=1S/C20H23NO5/c1-21(9-6-10-24-16-7-4-3-5-8-16)20(22)15-13-17(23-2)19-18(14-15)25-11-12-26-19/h3-5,7-8,13-14H,6,9-12H2,1-2H3. The summed E-state index contributed by atoms with van der Waals surface area (Å²) in [5.74, 6) is 2.33. The highest BCUT2D eigenvalue weighted by atomic mass is 16.6. The van der Waals surface area contributed by atoms with Crippen LogP contribution in [0.1, 0.15) is 16.8 Å². The van der Waals surface area contributed by atoms with Crippen LogP contribution in [-0.2, 0) is 0 Å². The van der Waals surface area contributed by atoms with Crippen molar-refractivity contribution in [2.45, 2.75) is 6.42 Å². The van der Waals surface area contributed by atoms with E-state index in [1.807, 2.05) is 30.3 Å². The maximum Gasteiger partial charge on any atom is 0.253 e. The third-order valence-electron chi connectivity index (χ3n) is 4.07. The Morgan fingerprint density at radius 3 is 2.69 bits per heavy atom. The lowest BCUT2D eigenvalue weighted by atomic mass is 10.1. The molecule has 138 valence electrons. The topological polar surface area (TPSA) is 57.2 Å². The number of methoxy groups -OCH3 is 1. The zero-order valence-electron chi connectivity index (χ0n) is 15.1. The highest BCUT2D eigenvalue weighted by Gasteiger charge is 2.22. The van der Waals surface area contributed by atoms with Crippen molar-refractivity contribution >= 4 is 5.91 Å². The molecule has 0 atom stereocenters. The minimum atomic E-state index is -0.0972. The van der Waals surface area contributed by atoms with E-state index in [9.17, 15) is 4.79 Å². The number of carbonyl (C=O) groups is 1. The summed E-state index contributed by atoms with van der Waals surface area (Å²) >= 11 is 0. The molecule has 0 saturated carbocycles. The molecule has 0 aromatic heterocycles. The molecule has 0 fully saturated rings. The molecule has 0 radical (unpaired) electrons. The van der Waals surface area contributed by atoms with Crippen LogP contribution in [-0.4, -0.2) is 51.3 Å². The Morgan fingerprint density at radius 1 is 1.15 bits per heavy atom. The number of nitrogens with zero attached hydrogens (tertiary/aromatic N) is 1. The van der Waals surface area contributed by atoms with Crippen molar-refractivity contribution in [2.75, 3.05) is 40.5 Å². The largest absolute Gasteiger partial charge is 0.494 e. The van der Waals surface area contributed by atoms with Gasteiger partial charge < -0.3 is 23.8 Å². The van der Waals surface area contributed by atoms with Crippen LogP contribution in [0, 0.1) is 0 Å². The summed E-state index contributed by atoms with van der Waals surface area (Å²) in [5, 5.41) is 0. The maximum atomic E-state index is 12.7. The molecule has 0 saturated heterocycles. The van der Waals surface area contributed by atoms with Gasteiger partial charge in [-0.2, -0.15) is 0 Å². The first-order chi connectivity index (χ1) is 12.7. The highest BCUT2D eigenvalue weighted by molar-refractivity contribution is 5.95. The second-order valence-electron chi connectivity index (χ2n) is 5.94. The van der Waals surface area contributed by atoms with Gasteiger partial charge in [0.15, 0.2) is 11.5 Å². The van der Waals surface area contributed by atoms with Crippen molar-refractivity contribution in [3.8, 4) is 23.0 Å². The zero-order valence-corrected chi connectivity index (χ0v) is 15.1. The fourth-order valence-corrected chi connectivity index (χ4v) is 2.73. The van der Waals surface area contributed by atoms with E-state index in [1.54, 1.807) is 31.2 Å². The smallest absolute Gasteiger partial charge is 0.253 e. The van der Waals surface area contributed by atoms with Gasteiger partial charge >= 0.3 is 0 Å². The zero-order chi connectivity index (χ0) is 18.4. The highest BCUT2D eigenvalue weighted by Crippen LogP contribution is 2.40. The van der Waals surface area contributed by atoms with E-state index in [2.05, 4.69) is 0 Å². The molecule has 0 N–H and O–H groups in total. The quantitative estimate of drug-likeness (QED) is 0.713. The van der Waals surface area contributed by atoms with Crippen LogP contribution in [0.2, 0.25) is 0 Å². The Morgan fingerprint density at radius 2 is 1.92 bits per heavy atom. The number of rotatable bonds is 7. The second-order valence-corrected chi connectivity index (χ2v) is 5.94. The van der Waals surface area contributed by atoms with Crippen LogP contribution < -0.4 is 18.9 Å². The Bertz CT molecular complexity index is 730. The molecule has 0 unspecified atom stereocenters. The molecule has 1 aliphatic rings. The van der Waals surface area contributed by atoms with Crippen molar-refractivity contribution in [1.29, 1.82) is 0 Å². The number of ether oxygens (including phenoxy) is 4. The SMILES string of the molecule is COc1cc(C(=O)N(C)CCCOc2ccccc2)cc2c1OCCO2. The molecular weight excluding hydrogens is 334 g/mol. The van der Waals surface area contributed by atoms with E-state index in [1.165, 1.54) is 0 Å². The molecule has 6 heteroatoms. The third kappa shape index (κ3) is 4.20. The molecule has 3 rings (SSSR count). The summed E-state index contributed by atoms with van der Waals surface area (Å²) in [6.45, 7) is 2.06. The molecule has 0 aliphatic carbocycles. The molecule has 0 spiro atoms. The van der Waals surface area contributed by atoms with Gasteiger partial charge in [-0.3, -0.25) is 4.79 Å². The van der Waals surface area contributed by atoms with E-state index >= 15 is 0 Å². The van der Waals surface area contributed by atoms with Crippen molar-refractivity contribution in [2.24, 2.45) is 0 Å². The van der Waals surface area contributed by atoms with Gasteiger partial charge in [0.2, 0.25) is 5.75 Å². The molecule has 2 aromatic carbocycles. The maximum absolute atomic E-state index is 12.7. The van der Waals surface area contributed by atoms with E-state index in [0.717, 1.165) is 12.2 Å². The molecule has 0 bridgehead atoms. The van der Waals surface area contributed by atoms with E-state index in [4.69, 9.17) is 18.9 Å². The lowest BCUT2D eigenvalue weighted by molar-refractivity contribution is 0.0786. The predicted octanol–water partition coefficient (Wildman–Crippen LogP) is 3.01. The Balaban J connectivity index is 1.58. The Kier molecular flexibility index (Phi) is 5.84. The summed E-state index contributed by atoms with van der Waals surface area (Å²) < 4.78 is 22.2. The van der Waals surface area contributed by atoms with E-state index < -0.39 is 0 Å². The summed E-state index contributed by atoms with van der Waals surface area (Å²) in [7, 11) is 3.32. The molecular formula is C20H23NO5. The molecule has 1 aliphatic heterocycles. The van der Waals surface area contributed by atoms with E-state index in [-0.39, 0.29) is 5.91 Å². The number of hydrogen-bond acceptors (Lipinski definition) is 5. The minimum absolute atomic E-state index is 0.0972. The van der Waals surface area contributed by atoms with Gasteiger partial charge in [-0.25, -0.2) is 0 Å². The Labute approximate surface area is 153 Å². The third-order valence-corrected chi connectivity index (χ3v) is 4.07. The molecule has 1 amide bonds. The molecule has 1 heterocycles. The van der Waals surface area contributed by atoms with Gasteiger partial charge in [-0.15, -0.1) is 0 Å². The number of benzene rings is 2. The monoisotopic (exact) mass is 357 g/mol. The fourth-order valence-electron chi connectivity index (χ4n) is 2.73. The van der Waals surface area contributed by atoms with Crippen LogP contribution in [0.25, 0.3) is 0 Å². The first kappa shape index (κ1) is 17.9. The number of carbonyl (C=O) groups excluding carboxylic acids is 1. The number of fused-ring (bicyclic) bond motifs is 1. The van der Waals surface area contributed by atoms with Gasteiger partial charge in [0.05, 0.1) is 13.7 Å². The Hall–Kier alpha value is -2.89. The molecule has 2 aromatic rings. The summed E-state index contributed by atoms with van der Waals surface area (Å²) in [4.78, 5) is 14.4. The predicted molar refractivity (Wildman–Crippen MR) is 97.5 cm³/mol. The number of amides is 1. The molecule has 26 heavy (non-hydrogen) atoms. The van der Waals surface area contributed by atoms with Crippen LogP contribution >= 0.6 is 0 Å². The van der Waals surface area contributed by atoms with Crippen molar-refractivity contribution in [1.82, 2.24) is 4.90 Å². The minimum Gasteiger partial charge on any atom is -0.494 e. The lowest BCUT2D eigenvalue weighted by Gasteiger charge is -2.23. The van der Waals surface area contributed by atoms with E-state index in [0.29, 0.717) is 49.2 Å². The first-order valence-corrected chi connectivity index (χ1v) is 8.60. The lowest BCUT2D eigenvalue weighted by Crippen LogP contribution is -2.29. The average Bonchev–Trinajstić information content (AvgIpc) is 2.70. The summed E-state index contributed by atoms with van der Waals surface area (Å²) in [6.07, 6.45) is 0.735. The first-order valence-electron chi connectivity index (χ1n) is 8.60. The van der Waals surface area contributed by atoms with Crippen LogP contribution in [0.3, 0.4) is 0 Å². The van der Waals surface area contributed by atoms with Gasteiger partial charge in [0.1, 0.15) is 19.0 Å².